The average molecular weight is 367 g/mol. The van der Waals surface area contributed by atoms with Gasteiger partial charge in [-0.2, -0.15) is 4.31 Å². The molecule has 1 aliphatic heterocycles. The van der Waals surface area contributed by atoms with Gasteiger partial charge in [0.25, 0.3) is 0 Å². The van der Waals surface area contributed by atoms with E-state index in [1.807, 2.05) is 13.0 Å². The third-order valence-corrected chi connectivity index (χ3v) is 6.23. The molecule has 0 aliphatic carbocycles. The molecule has 1 aromatic carbocycles. The fraction of sp³-hybridized carbons (Fsp3) is 0.375. The lowest BCUT2D eigenvalue weighted by Crippen LogP contribution is -2.42. The lowest BCUT2D eigenvalue weighted by Gasteiger charge is -2.31. The van der Waals surface area contributed by atoms with Gasteiger partial charge in [0.1, 0.15) is 12.1 Å². The van der Waals surface area contributed by atoms with E-state index in [0.29, 0.717) is 18.1 Å². The highest BCUT2D eigenvalue weighted by Gasteiger charge is 2.29. The topological polar surface area (TPSA) is 75.2 Å². The van der Waals surface area contributed by atoms with E-state index in [1.165, 1.54) is 10.6 Å². The van der Waals surface area contributed by atoms with Gasteiger partial charge >= 0.3 is 0 Å². The number of nitrogens with zero attached hydrogens (tertiary/aromatic N) is 3. The fourth-order valence-corrected chi connectivity index (χ4v) is 4.33. The Bertz CT molecular complexity index is 803. The molecule has 6 nitrogen and oxygen atoms in total. The summed E-state index contributed by atoms with van der Waals surface area (Å²) in [5.74, 6) is 0.779. The van der Waals surface area contributed by atoms with Crippen molar-refractivity contribution in [1.82, 2.24) is 14.3 Å². The van der Waals surface area contributed by atoms with Crippen molar-refractivity contribution in [1.29, 1.82) is 0 Å². The zero-order chi connectivity index (χ0) is 17.2. The summed E-state index contributed by atoms with van der Waals surface area (Å²) in [5, 5.41) is 3.88. The van der Waals surface area contributed by atoms with E-state index in [0.717, 1.165) is 24.4 Å². The molecule has 1 N–H and O–H groups in total. The van der Waals surface area contributed by atoms with Crippen LogP contribution in [0.1, 0.15) is 18.5 Å². The van der Waals surface area contributed by atoms with Crippen LogP contribution in [0, 0.1) is 6.92 Å². The first-order valence-corrected chi connectivity index (χ1v) is 9.58. The number of rotatable bonds is 4. The number of halogens is 1. The van der Waals surface area contributed by atoms with Crippen LogP contribution in [0.5, 0.6) is 0 Å². The molecule has 0 bridgehead atoms. The third kappa shape index (κ3) is 3.85. The predicted octanol–water partition coefficient (Wildman–Crippen LogP) is 2.70. The van der Waals surface area contributed by atoms with Crippen LogP contribution < -0.4 is 5.32 Å². The van der Waals surface area contributed by atoms with Crippen molar-refractivity contribution in [3.05, 3.63) is 47.4 Å². The summed E-state index contributed by atoms with van der Waals surface area (Å²) in [6, 6.07) is 8.38. The van der Waals surface area contributed by atoms with Gasteiger partial charge in [-0.25, -0.2) is 18.4 Å². The van der Waals surface area contributed by atoms with Gasteiger partial charge in [0.05, 0.1) is 4.90 Å². The SMILES string of the molecule is Cc1cc(NC2CCN(S(=O)(=O)c3ccc(Cl)cc3)CC2)ncn1. The minimum atomic E-state index is -3.46. The van der Waals surface area contributed by atoms with Gasteiger partial charge in [0.15, 0.2) is 0 Å². The van der Waals surface area contributed by atoms with E-state index < -0.39 is 10.0 Å². The van der Waals surface area contributed by atoms with Crippen molar-refractivity contribution in [3.63, 3.8) is 0 Å². The first kappa shape index (κ1) is 17.1. The summed E-state index contributed by atoms with van der Waals surface area (Å²) in [4.78, 5) is 8.54. The standard InChI is InChI=1S/C16H19ClN4O2S/c1-12-10-16(19-11-18-12)20-14-6-8-21(9-7-14)24(22,23)15-4-2-13(17)3-5-15/h2-5,10-11,14H,6-9H2,1H3,(H,18,19,20). The predicted molar refractivity (Wildman–Crippen MR) is 93.6 cm³/mol. The summed E-state index contributed by atoms with van der Waals surface area (Å²) in [7, 11) is -3.46. The lowest BCUT2D eigenvalue weighted by molar-refractivity contribution is 0.329. The quantitative estimate of drug-likeness (QED) is 0.900. The number of nitrogens with one attached hydrogen (secondary N) is 1. The Morgan fingerprint density at radius 2 is 1.83 bits per heavy atom. The van der Waals surface area contributed by atoms with Crippen molar-refractivity contribution in [3.8, 4) is 0 Å². The highest BCUT2D eigenvalue weighted by atomic mass is 35.5. The minimum absolute atomic E-state index is 0.205. The molecular formula is C16H19ClN4O2S. The molecule has 0 unspecified atom stereocenters. The van der Waals surface area contributed by atoms with Crippen LogP contribution in [-0.2, 0) is 10.0 Å². The van der Waals surface area contributed by atoms with E-state index in [9.17, 15) is 8.42 Å². The molecule has 128 valence electrons. The highest BCUT2D eigenvalue weighted by molar-refractivity contribution is 7.89. The second-order valence-corrected chi connectivity index (χ2v) is 8.20. The Kier molecular flexibility index (Phi) is 5.03. The molecule has 0 saturated carbocycles. The molecule has 2 aromatic rings. The minimum Gasteiger partial charge on any atom is -0.367 e. The molecule has 1 aromatic heterocycles. The fourth-order valence-electron chi connectivity index (χ4n) is 2.74. The Morgan fingerprint density at radius 1 is 1.17 bits per heavy atom. The van der Waals surface area contributed by atoms with Gasteiger partial charge in [0.2, 0.25) is 10.0 Å². The van der Waals surface area contributed by atoms with E-state index in [-0.39, 0.29) is 10.9 Å². The second kappa shape index (κ2) is 7.04. The van der Waals surface area contributed by atoms with E-state index >= 15 is 0 Å². The summed E-state index contributed by atoms with van der Waals surface area (Å²) in [6.07, 6.45) is 2.99. The van der Waals surface area contributed by atoms with Crippen molar-refractivity contribution < 1.29 is 8.42 Å². The molecule has 0 radical (unpaired) electrons. The molecule has 0 amide bonds. The van der Waals surface area contributed by atoms with Crippen molar-refractivity contribution >= 4 is 27.4 Å². The number of hydrogen-bond acceptors (Lipinski definition) is 5. The zero-order valence-corrected chi connectivity index (χ0v) is 14.9. The summed E-state index contributed by atoms with van der Waals surface area (Å²) in [6.45, 7) is 2.87. The van der Waals surface area contributed by atoms with Crippen LogP contribution in [0.25, 0.3) is 0 Å². The van der Waals surface area contributed by atoms with E-state index in [4.69, 9.17) is 11.6 Å². The molecule has 0 spiro atoms. The van der Waals surface area contributed by atoms with Gasteiger partial charge in [-0.3, -0.25) is 0 Å². The lowest BCUT2D eigenvalue weighted by atomic mass is 10.1. The molecule has 1 fully saturated rings. The largest absolute Gasteiger partial charge is 0.367 e. The smallest absolute Gasteiger partial charge is 0.243 e. The Labute approximate surface area is 146 Å². The number of anilines is 1. The molecule has 8 heteroatoms. The zero-order valence-electron chi connectivity index (χ0n) is 13.3. The Hall–Kier alpha value is -1.70. The maximum atomic E-state index is 12.6. The molecule has 1 saturated heterocycles. The van der Waals surface area contributed by atoms with Crippen LogP contribution in [0.3, 0.4) is 0 Å². The second-order valence-electron chi connectivity index (χ2n) is 5.82. The van der Waals surface area contributed by atoms with Crippen LogP contribution in [0.2, 0.25) is 5.02 Å². The first-order chi connectivity index (χ1) is 11.4. The van der Waals surface area contributed by atoms with Gasteiger partial charge in [-0.15, -0.1) is 0 Å². The molecule has 24 heavy (non-hydrogen) atoms. The Morgan fingerprint density at radius 3 is 2.46 bits per heavy atom. The van der Waals surface area contributed by atoms with Crippen LogP contribution >= 0.6 is 11.6 Å². The molecule has 1 aliphatic rings. The van der Waals surface area contributed by atoms with Crippen molar-refractivity contribution in [2.75, 3.05) is 18.4 Å². The van der Waals surface area contributed by atoms with Crippen molar-refractivity contribution in [2.45, 2.75) is 30.7 Å². The highest BCUT2D eigenvalue weighted by Crippen LogP contribution is 2.23. The van der Waals surface area contributed by atoms with E-state index in [1.54, 1.807) is 24.3 Å². The van der Waals surface area contributed by atoms with Gasteiger partial charge in [-0.05, 0) is 44.0 Å². The monoisotopic (exact) mass is 366 g/mol. The first-order valence-electron chi connectivity index (χ1n) is 7.76. The Balaban J connectivity index is 1.63. The summed E-state index contributed by atoms with van der Waals surface area (Å²) < 4.78 is 26.8. The number of aryl methyl sites for hydroxylation is 1. The molecule has 0 atom stereocenters. The van der Waals surface area contributed by atoms with Gasteiger partial charge < -0.3 is 5.32 Å². The number of aromatic nitrogens is 2. The van der Waals surface area contributed by atoms with Crippen LogP contribution in [-0.4, -0.2) is 41.8 Å². The number of benzene rings is 1. The maximum Gasteiger partial charge on any atom is 0.243 e. The molecular weight excluding hydrogens is 348 g/mol. The number of piperidine rings is 1. The molecule has 2 heterocycles. The summed E-state index contributed by atoms with van der Waals surface area (Å²) in [5.41, 5.74) is 0.898. The third-order valence-electron chi connectivity index (χ3n) is 4.06. The number of hydrogen-bond donors (Lipinski definition) is 1. The normalized spacial score (nSPS) is 16.9. The summed E-state index contributed by atoms with van der Waals surface area (Å²) >= 11 is 5.83. The van der Waals surface area contributed by atoms with Crippen LogP contribution in [0.15, 0.2) is 41.6 Å². The van der Waals surface area contributed by atoms with Crippen LogP contribution in [0.4, 0.5) is 5.82 Å². The average Bonchev–Trinajstić information content (AvgIpc) is 2.56. The van der Waals surface area contributed by atoms with E-state index in [2.05, 4.69) is 15.3 Å². The maximum absolute atomic E-state index is 12.6. The van der Waals surface area contributed by atoms with Crippen molar-refractivity contribution in [2.24, 2.45) is 0 Å². The van der Waals surface area contributed by atoms with Gasteiger partial charge in [0, 0.05) is 35.9 Å². The van der Waals surface area contributed by atoms with Gasteiger partial charge in [-0.1, -0.05) is 11.6 Å². The number of sulfonamides is 1. The molecule has 3 rings (SSSR count).